The van der Waals surface area contributed by atoms with Gasteiger partial charge in [0.1, 0.15) is 5.75 Å². The van der Waals surface area contributed by atoms with E-state index in [-0.39, 0.29) is 11.7 Å². The van der Waals surface area contributed by atoms with Gasteiger partial charge in [0.2, 0.25) is 0 Å². The lowest BCUT2D eigenvalue weighted by molar-refractivity contribution is 0.0696. The summed E-state index contributed by atoms with van der Waals surface area (Å²) in [4.78, 5) is 10.8. The van der Waals surface area contributed by atoms with E-state index in [4.69, 9.17) is 15.6 Å². The molecule has 0 aromatic heterocycles. The number of rotatable bonds is 5. The molecule has 0 aliphatic heterocycles. The first-order chi connectivity index (χ1) is 7.54. The normalized spacial score (nSPS) is 12.1. The van der Waals surface area contributed by atoms with E-state index >= 15 is 0 Å². The lowest BCUT2D eigenvalue weighted by atomic mass is 10.2. The van der Waals surface area contributed by atoms with Gasteiger partial charge in [0.05, 0.1) is 17.4 Å². The van der Waals surface area contributed by atoms with Crippen molar-refractivity contribution in [3.05, 3.63) is 23.8 Å². The third-order valence-corrected chi connectivity index (χ3v) is 2.28. The number of carbonyl (C=O) groups is 1. The quantitative estimate of drug-likeness (QED) is 0.752. The van der Waals surface area contributed by atoms with Crippen LogP contribution in [0.25, 0.3) is 0 Å². The second-order valence-electron chi connectivity index (χ2n) is 3.77. The highest BCUT2D eigenvalue weighted by Gasteiger charge is 2.10. The average Bonchev–Trinajstić information content (AvgIpc) is 2.21. The largest absolute Gasteiger partial charge is 0.489 e. The van der Waals surface area contributed by atoms with Gasteiger partial charge in [-0.1, -0.05) is 13.3 Å². The number of nitrogens with two attached hydrogens (primary N) is 1. The minimum atomic E-state index is -0.979. The van der Waals surface area contributed by atoms with Crippen LogP contribution in [0.3, 0.4) is 0 Å². The number of hydrogen-bond donors (Lipinski definition) is 2. The van der Waals surface area contributed by atoms with Crippen molar-refractivity contribution in [2.75, 3.05) is 5.73 Å². The van der Waals surface area contributed by atoms with Gasteiger partial charge in [0.15, 0.2) is 0 Å². The van der Waals surface area contributed by atoms with Gasteiger partial charge in [-0.15, -0.1) is 0 Å². The molecule has 1 rings (SSSR count). The lowest BCUT2D eigenvalue weighted by Crippen LogP contribution is -2.12. The molecule has 0 aliphatic carbocycles. The number of nitrogen functional groups attached to an aromatic ring is 1. The molecule has 1 aromatic rings. The number of aromatic carboxylic acids is 1. The van der Waals surface area contributed by atoms with Crippen LogP contribution in [0.4, 0.5) is 5.69 Å². The maximum absolute atomic E-state index is 10.8. The highest BCUT2D eigenvalue weighted by molar-refractivity contribution is 5.89. The molecule has 0 bridgehead atoms. The van der Waals surface area contributed by atoms with Crippen molar-refractivity contribution in [2.24, 2.45) is 0 Å². The van der Waals surface area contributed by atoms with Crippen LogP contribution in [-0.4, -0.2) is 17.2 Å². The lowest BCUT2D eigenvalue weighted by Gasteiger charge is -2.15. The van der Waals surface area contributed by atoms with Crippen LogP contribution in [0.1, 0.15) is 37.0 Å². The minimum Gasteiger partial charge on any atom is -0.489 e. The molecular weight excluding hydrogens is 206 g/mol. The fourth-order valence-electron chi connectivity index (χ4n) is 1.45. The Bertz CT molecular complexity index is 377. The predicted molar refractivity (Wildman–Crippen MR) is 62.8 cm³/mol. The molecule has 1 aromatic carbocycles. The van der Waals surface area contributed by atoms with Crippen molar-refractivity contribution in [3.8, 4) is 5.75 Å². The van der Waals surface area contributed by atoms with E-state index < -0.39 is 5.97 Å². The SMILES string of the molecule is CCCC(C)Oc1cc(C(=O)O)ccc1N. The molecule has 0 saturated carbocycles. The molecule has 0 radical (unpaired) electrons. The van der Waals surface area contributed by atoms with Gasteiger partial charge in [-0.25, -0.2) is 4.79 Å². The Balaban J connectivity index is 2.85. The Morgan fingerprint density at radius 1 is 1.56 bits per heavy atom. The maximum Gasteiger partial charge on any atom is 0.335 e. The number of ether oxygens (including phenoxy) is 1. The molecule has 0 amide bonds. The van der Waals surface area contributed by atoms with E-state index in [1.54, 1.807) is 6.07 Å². The van der Waals surface area contributed by atoms with Crippen LogP contribution >= 0.6 is 0 Å². The second kappa shape index (κ2) is 5.39. The zero-order valence-corrected chi connectivity index (χ0v) is 9.56. The standard InChI is InChI=1S/C12H17NO3/c1-3-4-8(2)16-11-7-9(12(14)15)5-6-10(11)13/h5-8H,3-4,13H2,1-2H3,(H,14,15). The molecule has 4 nitrogen and oxygen atoms in total. The number of benzene rings is 1. The summed E-state index contributed by atoms with van der Waals surface area (Å²) < 4.78 is 5.59. The van der Waals surface area contributed by atoms with Crippen LogP contribution in [0.15, 0.2) is 18.2 Å². The number of anilines is 1. The summed E-state index contributed by atoms with van der Waals surface area (Å²) in [5.41, 5.74) is 6.37. The summed E-state index contributed by atoms with van der Waals surface area (Å²) in [7, 11) is 0. The van der Waals surface area contributed by atoms with Crippen molar-refractivity contribution in [1.29, 1.82) is 0 Å². The molecule has 1 unspecified atom stereocenters. The van der Waals surface area contributed by atoms with Crippen LogP contribution in [0.5, 0.6) is 5.75 Å². The van der Waals surface area contributed by atoms with Crippen molar-refractivity contribution in [3.63, 3.8) is 0 Å². The van der Waals surface area contributed by atoms with Crippen LogP contribution < -0.4 is 10.5 Å². The summed E-state index contributed by atoms with van der Waals surface area (Å²) in [6.45, 7) is 4.01. The zero-order valence-electron chi connectivity index (χ0n) is 9.56. The van der Waals surface area contributed by atoms with Crippen LogP contribution in [-0.2, 0) is 0 Å². The number of hydrogen-bond acceptors (Lipinski definition) is 3. The van der Waals surface area contributed by atoms with E-state index in [9.17, 15) is 4.79 Å². The Morgan fingerprint density at radius 2 is 2.25 bits per heavy atom. The zero-order chi connectivity index (χ0) is 12.1. The van der Waals surface area contributed by atoms with Gasteiger partial charge in [0.25, 0.3) is 0 Å². The molecule has 3 N–H and O–H groups in total. The van der Waals surface area contributed by atoms with E-state index in [2.05, 4.69) is 6.92 Å². The van der Waals surface area contributed by atoms with Gasteiger partial charge < -0.3 is 15.6 Å². The van der Waals surface area contributed by atoms with Crippen molar-refractivity contribution in [1.82, 2.24) is 0 Å². The third-order valence-electron chi connectivity index (χ3n) is 2.28. The summed E-state index contributed by atoms with van der Waals surface area (Å²) in [5.74, 6) is -0.533. The Labute approximate surface area is 95.0 Å². The summed E-state index contributed by atoms with van der Waals surface area (Å²) >= 11 is 0. The summed E-state index contributed by atoms with van der Waals surface area (Å²) in [6, 6.07) is 4.48. The van der Waals surface area contributed by atoms with E-state index in [0.29, 0.717) is 11.4 Å². The van der Waals surface area contributed by atoms with E-state index in [1.807, 2.05) is 6.92 Å². The third kappa shape index (κ3) is 3.15. The molecule has 0 aliphatic rings. The first-order valence-corrected chi connectivity index (χ1v) is 5.34. The molecule has 1 atom stereocenters. The van der Waals surface area contributed by atoms with Crippen LogP contribution in [0.2, 0.25) is 0 Å². The molecule has 0 saturated heterocycles. The Kier molecular flexibility index (Phi) is 4.17. The first kappa shape index (κ1) is 12.4. The topological polar surface area (TPSA) is 72.5 Å². The van der Waals surface area contributed by atoms with E-state index in [1.165, 1.54) is 12.1 Å². The average molecular weight is 223 g/mol. The van der Waals surface area contributed by atoms with E-state index in [0.717, 1.165) is 12.8 Å². The molecule has 4 heteroatoms. The first-order valence-electron chi connectivity index (χ1n) is 5.34. The number of carboxylic acids is 1. The number of carboxylic acid groups (broad SMARTS) is 1. The Hall–Kier alpha value is -1.71. The molecule has 16 heavy (non-hydrogen) atoms. The fraction of sp³-hybridized carbons (Fsp3) is 0.417. The smallest absolute Gasteiger partial charge is 0.335 e. The van der Waals surface area contributed by atoms with Gasteiger partial charge in [-0.05, 0) is 31.5 Å². The van der Waals surface area contributed by atoms with Crippen molar-refractivity contribution in [2.45, 2.75) is 32.8 Å². The van der Waals surface area contributed by atoms with Gasteiger partial charge in [0, 0.05) is 0 Å². The van der Waals surface area contributed by atoms with Crippen LogP contribution in [0, 0.1) is 0 Å². The highest BCUT2D eigenvalue weighted by Crippen LogP contribution is 2.24. The van der Waals surface area contributed by atoms with Gasteiger partial charge >= 0.3 is 5.97 Å². The Morgan fingerprint density at radius 3 is 2.81 bits per heavy atom. The highest BCUT2D eigenvalue weighted by atomic mass is 16.5. The summed E-state index contributed by atoms with van der Waals surface area (Å²) in [6.07, 6.45) is 1.97. The monoisotopic (exact) mass is 223 g/mol. The minimum absolute atomic E-state index is 0.0383. The second-order valence-corrected chi connectivity index (χ2v) is 3.77. The molecule has 0 spiro atoms. The molecule has 88 valence electrons. The fourth-order valence-corrected chi connectivity index (χ4v) is 1.45. The van der Waals surface area contributed by atoms with Crippen molar-refractivity contribution >= 4 is 11.7 Å². The predicted octanol–water partition coefficient (Wildman–Crippen LogP) is 2.53. The van der Waals surface area contributed by atoms with Crippen molar-refractivity contribution < 1.29 is 14.6 Å². The van der Waals surface area contributed by atoms with Gasteiger partial charge in [-0.3, -0.25) is 0 Å². The summed E-state index contributed by atoms with van der Waals surface area (Å²) in [5, 5.41) is 8.84. The van der Waals surface area contributed by atoms with Gasteiger partial charge in [-0.2, -0.15) is 0 Å². The maximum atomic E-state index is 10.8. The molecular formula is C12H17NO3. The molecule has 0 heterocycles. The molecule has 0 fully saturated rings.